The topological polar surface area (TPSA) is 97.6 Å². The van der Waals surface area contributed by atoms with Crippen LogP contribution in [0, 0.1) is 0 Å². The van der Waals surface area contributed by atoms with E-state index < -0.39 is 5.41 Å². The second kappa shape index (κ2) is 8.93. The van der Waals surface area contributed by atoms with Gasteiger partial charge in [0.25, 0.3) is 0 Å². The predicted octanol–water partition coefficient (Wildman–Crippen LogP) is 4.14. The zero-order chi connectivity index (χ0) is 23.7. The number of rotatable bonds is 6. The van der Waals surface area contributed by atoms with Crippen LogP contribution in [0.5, 0.6) is 5.75 Å². The van der Waals surface area contributed by atoms with E-state index in [9.17, 15) is 9.59 Å². The largest absolute Gasteiger partial charge is 0.497 e. The Morgan fingerprint density at radius 3 is 2.50 bits per heavy atom. The Morgan fingerprint density at radius 2 is 1.85 bits per heavy atom. The van der Waals surface area contributed by atoms with Gasteiger partial charge in [-0.15, -0.1) is 0 Å². The summed E-state index contributed by atoms with van der Waals surface area (Å²) in [6.45, 7) is 2.80. The number of amides is 2. The number of nitrogens with zero attached hydrogens (tertiary/aromatic N) is 3. The van der Waals surface area contributed by atoms with E-state index >= 15 is 0 Å². The maximum atomic E-state index is 13.5. The molecular weight excluding hydrogens is 432 g/mol. The molecule has 1 aliphatic carbocycles. The minimum Gasteiger partial charge on any atom is -0.497 e. The number of likely N-dealkylation sites (tertiary alicyclic amines) is 1. The normalized spacial score (nSPS) is 18.9. The number of nitrogens with one attached hydrogen (secondary N) is 1. The van der Waals surface area contributed by atoms with Crippen molar-refractivity contribution in [3.63, 3.8) is 0 Å². The summed E-state index contributed by atoms with van der Waals surface area (Å²) in [5.41, 5.74) is 2.17. The van der Waals surface area contributed by atoms with Gasteiger partial charge in [0.15, 0.2) is 0 Å². The Morgan fingerprint density at radius 1 is 1.12 bits per heavy atom. The van der Waals surface area contributed by atoms with E-state index in [1.54, 1.807) is 7.11 Å². The highest BCUT2D eigenvalue weighted by molar-refractivity contribution is 5.91. The van der Waals surface area contributed by atoms with Crippen molar-refractivity contribution in [2.45, 2.75) is 43.9 Å². The first-order valence-electron chi connectivity index (χ1n) is 11.6. The number of benzene rings is 2. The number of methoxy groups -OCH3 is 1. The molecule has 2 aromatic carbocycles. The fourth-order valence-electron chi connectivity index (χ4n) is 4.75. The number of hydrogen-bond acceptors (Lipinski definition) is 6. The summed E-state index contributed by atoms with van der Waals surface area (Å²) in [5.74, 6) is 1.95. The summed E-state index contributed by atoms with van der Waals surface area (Å²) in [5, 5.41) is 6.90. The molecule has 0 spiro atoms. The average Bonchev–Trinajstić information content (AvgIpc) is 3.53. The average molecular weight is 461 g/mol. The van der Waals surface area contributed by atoms with Crippen LogP contribution >= 0.6 is 0 Å². The molecule has 3 aromatic rings. The molecule has 2 aliphatic rings. The molecule has 8 nitrogen and oxygen atoms in total. The summed E-state index contributed by atoms with van der Waals surface area (Å²) in [6.07, 6.45) is 3.55. The van der Waals surface area contributed by atoms with Gasteiger partial charge in [-0.25, -0.2) is 0 Å². The van der Waals surface area contributed by atoms with Gasteiger partial charge < -0.3 is 19.5 Å². The third kappa shape index (κ3) is 4.27. The van der Waals surface area contributed by atoms with Gasteiger partial charge in [0.2, 0.25) is 23.5 Å². The quantitative estimate of drug-likeness (QED) is 0.594. The van der Waals surface area contributed by atoms with Gasteiger partial charge in [0.1, 0.15) is 5.75 Å². The third-order valence-corrected chi connectivity index (χ3v) is 6.77. The summed E-state index contributed by atoms with van der Waals surface area (Å²) >= 11 is 0. The van der Waals surface area contributed by atoms with Crippen LogP contribution in [0.2, 0.25) is 0 Å². The van der Waals surface area contributed by atoms with Crippen LogP contribution in [0.25, 0.3) is 11.4 Å². The molecule has 1 aromatic heterocycles. The van der Waals surface area contributed by atoms with Crippen LogP contribution in [-0.2, 0) is 15.0 Å². The lowest BCUT2D eigenvalue weighted by Crippen LogP contribution is -2.44. The molecule has 0 radical (unpaired) electrons. The van der Waals surface area contributed by atoms with Crippen LogP contribution in [0.3, 0.4) is 0 Å². The molecule has 176 valence electrons. The molecule has 1 aliphatic heterocycles. The maximum absolute atomic E-state index is 13.5. The molecule has 2 fully saturated rings. The Balaban J connectivity index is 1.28. The first kappa shape index (κ1) is 22.1. The summed E-state index contributed by atoms with van der Waals surface area (Å²) < 4.78 is 10.9. The maximum Gasteiger partial charge on any atom is 0.233 e. The number of piperidine rings is 1. The van der Waals surface area contributed by atoms with Gasteiger partial charge in [-0.1, -0.05) is 17.3 Å². The van der Waals surface area contributed by atoms with E-state index in [0.717, 1.165) is 49.1 Å². The monoisotopic (exact) mass is 460 g/mol. The summed E-state index contributed by atoms with van der Waals surface area (Å²) in [7, 11) is 1.64. The second-order valence-electron chi connectivity index (χ2n) is 9.12. The number of anilines is 1. The van der Waals surface area contributed by atoms with E-state index in [1.807, 2.05) is 53.4 Å². The highest BCUT2D eigenvalue weighted by Crippen LogP contribution is 2.50. The molecule has 8 heteroatoms. The van der Waals surface area contributed by atoms with Crippen molar-refractivity contribution in [3.05, 3.63) is 60.0 Å². The van der Waals surface area contributed by atoms with Crippen molar-refractivity contribution >= 4 is 17.5 Å². The van der Waals surface area contributed by atoms with Gasteiger partial charge in [-0.2, -0.15) is 4.98 Å². The lowest BCUT2D eigenvalue weighted by Gasteiger charge is -2.34. The zero-order valence-corrected chi connectivity index (χ0v) is 19.4. The van der Waals surface area contributed by atoms with E-state index in [0.29, 0.717) is 23.9 Å². The van der Waals surface area contributed by atoms with Crippen molar-refractivity contribution < 1.29 is 18.8 Å². The lowest BCUT2D eigenvalue weighted by atomic mass is 9.91. The number of ether oxygens (including phenoxy) is 1. The molecule has 1 N–H and O–H groups in total. The summed E-state index contributed by atoms with van der Waals surface area (Å²) in [4.78, 5) is 31.4. The minimum absolute atomic E-state index is 0.0178. The molecule has 0 bridgehead atoms. The van der Waals surface area contributed by atoms with Crippen LogP contribution in [0.1, 0.15) is 50.0 Å². The highest BCUT2D eigenvalue weighted by atomic mass is 16.5. The van der Waals surface area contributed by atoms with Crippen LogP contribution in [0.15, 0.2) is 53.1 Å². The predicted molar refractivity (Wildman–Crippen MR) is 126 cm³/mol. The Kier molecular flexibility index (Phi) is 5.81. The van der Waals surface area contributed by atoms with E-state index in [-0.39, 0.29) is 17.7 Å². The van der Waals surface area contributed by atoms with Crippen molar-refractivity contribution in [1.82, 2.24) is 15.0 Å². The first-order chi connectivity index (χ1) is 16.5. The number of hydrogen-bond donors (Lipinski definition) is 1. The van der Waals surface area contributed by atoms with Crippen molar-refractivity contribution in [2.24, 2.45) is 0 Å². The molecule has 1 saturated carbocycles. The minimum atomic E-state index is -0.413. The Labute approximate surface area is 198 Å². The second-order valence-corrected chi connectivity index (χ2v) is 9.12. The third-order valence-electron chi connectivity index (χ3n) is 6.77. The van der Waals surface area contributed by atoms with E-state index in [1.165, 1.54) is 6.92 Å². The number of carbonyl (C=O) groups excluding carboxylic acids is 2. The molecule has 5 rings (SSSR count). The lowest BCUT2D eigenvalue weighted by molar-refractivity contribution is -0.135. The highest BCUT2D eigenvalue weighted by Gasteiger charge is 2.53. The van der Waals surface area contributed by atoms with Gasteiger partial charge in [-0.3, -0.25) is 9.59 Å². The van der Waals surface area contributed by atoms with Crippen molar-refractivity contribution in [2.75, 3.05) is 25.5 Å². The number of carbonyl (C=O) groups is 2. The fraction of sp³-hybridized carbons (Fsp3) is 0.385. The first-order valence-corrected chi connectivity index (χ1v) is 11.6. The molecule has 2 amide bonds. The Bertz CT molecular complexity index is 1180. The number of aromatic nitrogens is 2. The fourth-order valence-corrected chi connectivity index (χ4v) is 4.75. The van der Waals surface area contributed by atoms with Crippen LogP contribution in [-0.4, -0.2) is 47.1 Å². The van der Waals surface area contributed by atoms with Crippen LogP contribution < -0.4 is 10.1 Å². The van der Waals surface area contributed by atoms with Crippen molar-refractivity contribution in [1.29, 1.82) is 0 Å². The molecule has 0 unspecified atom stereocenters. The van der Waals surface area contributed by atoms with Crippen LogP contribution in [0.4, 0.5) is 5.69 Å². The zero-order valence-electron chi connectivity index (χ0n) is 19.4. The van der Waals surface area contributed by atoms with E-state index in [2.05, 4.69) is 15.5 Å². The summed E-state index contributed by atoms with van der Waals surface area (Å²) in [6, 6.07) is 15.2. The molecule has 34 heavy (non-hydrogen) atoms. The van der Waals surface area contributed by atoms with Gasteiger partial charge >= 0.3 is 0 Å². The van der Waals surface area contributed by atoms with Gasteiger partial charge in [0, 0.05) is 31.3 Å². The van der Waals surface area contributed by atoms with Gasteiger partial charge in [-0.05, 0) is 67.6 Å². The van der Waals surface area contributed by atoms with Gasteiger partial charge in [0.05, 0.1) is 18.4 Å². The van der Waals surface area contributed by atoms with Crippen molar-refractivity contribution in [3.8, 4) is 17.1 Å². The molecule has 1 atom stereocenters. The Hall–Kier alpha value is -3.68. The standard InChI is InChI=1S/C26H28N4O4/c1-17(31)27-21-9-5-18(6-10-21)23-28-24(34-29-23)19-4-3-15-30(16-19)25(32)26(13-14-26)20-7-11-22(33-2)12-8-20/h5-12,19H,3-4,13-16H2,1-2H3,(H,27,31)/t19-/m1/s1. The molecule has 1 saturated heterocycles. The SMILES string of the molecule is COc1ccc(C2(C(=O)N3CCC[C@@H](c4nc(-c5ccc(NC(C)=O)cc5)no4)C3)CC2)cc1. The molecule has 2 heterocycles. The molecular formula is C26H28N4O4. The smallest absolute Gasteiger partial charge is 0.233 e. The van der Waals surface area contributed by atoms with E-state index in [4.69, 9.17) is 9.26 Å².